The van der Waals surface area contributed by atoms with E-state index in [1.165, 1.54) is 0 Å². The van der Waals surface area contributed by atoms with Gasteiger partial charge in [0.1, 0.15) is 0 Å². The fourth-order valence-corrected chi connectivity index (χ4v) is 1.51. The van der Waals surface area contributed by atoms with Crippen LogP contribution >= 0.6 is 0 Å². The summed E-state index contributed by atoms with van der Waals surface area (Å²) >= 11 is 0. The summed E-state index contributed by atoms with van der Waals surface area (Å²) in [6.07, 6.45) is 2.67. The third kappa shape index (κ3) is 7.68. The van der Waals surface area contributed by atoms with E-state index >= 15 is 0 Å². The largest absolute Gasteiger partial charge is 0.478 e. The number of carbonyl (C=O) groups is 1. The molecule has 0 aromatic heterocycles. The molecule has 1 rings (SSSR count). The Labute approximate surface area is 118 Å². The Bertz CT molecular complexity index is 428. The molecule has 0 radical (unpaired) electrons. The van der Waals surface area contributed by atoms with Crippen LogP contribution in [0.15, 0.2) is 30.3 Å². The van der Waals surface area contributed by atoms with Gasteiger partial charge in [-0.2, -0.15) is 0 Å². The van der Waals surface area contributed by atoms with Crippen molar-refractivity contribution in [2.24, 2.45) is 0 Å². The predicted octanol–water partition coefficient (Wildman–Crippen LogP) is 1.96. The summed E-state index contributed by atoms with van der Waals surface area (Å²) in [6.45, 7) is 2.66. The van der Waals surface area contributed by atoms with Gasteiger partial charge in [-0.05, 0) is 23.3 Å². The third-order valence-corrected chi connectivity index (χ3v) is 2.44. The molecule has 110 valence electrons. The van der Waals surface area contributed by atoms with Crippen molar-refractivity contribution in [3.8, 4) is 0 Å². The molecule has 0 amide bonds. The van der Waals surface area contributed by atoms with Crippen molar-refractivity contribution in [1.29, 1.82) is 0 Å². The Kier molecular flexibility index (Phi) is 8.30. The quantitative estimate of drug-likeness (QED) is 0.524. The van der Waals surface area contributed by atoms with Crippen LogP contribution in [0.25, 0.3) is 6.08 Å². The molecule has 1 aromatic rings. The third-order valence-electron chi connectivity index (χ3n) is 2.44. The maximum atomic E-state index is 10.4. The van der Waals surface area contributed by atoms with E-state index in [2.05, 4.69) is 0 Å². The first-order chi connectivity index (χ1) is 9.72. The molecule has 1 N–H and O–H groups in total. The lowest BCUT2D eigenvalue weighted by molar-refractivity contribution is -0.131. The number of hydrogen-bond acceptors (Lipinski definition) is 4. The number of hydrogen-bond donors (Lipinski definition) is 1. The number of rotatable bonds is 10. The zero-order valence-corrected chi connectivity index (χ0v) is 11.6. The summed E-state index contributed by atoms with van der Waals surface area (Å²) < 4.78 is 15.6. The highest BCUT2D eigenvalue weighted by Crippen LogP contribution is 2.08. The highest BCUT2D eigenvalue weighted by molar-refractivity contribution is 5.85. The van der Waals surface area contributed by atoms with Crippen LogP contribution in [0.3, 0.4) is 0 Å². The van der Waals surface area contributed by atoms with Crippen LogP contribution < -0.4 is 0 Å². The van der Waals surface area contributed by atoms with Crippen LogP contribution in [0, 0.1) is 0 Å². The van der Waals surface area contributed by atoms with Gasteiger partial charge >= 0.3 is 5.97 Å². The molecular weight excluding hydrogens is 260 g/mol. The predicted molar refractivity (Wildman–Crippen MR) is 75.5 cm³/mol. The lowest BCUT2D eigenvalue weighted by atomic mass is 10.1. The van der Waals surface area contributed by atoms with Gasteiger partial charge in [-0.1, -0.05) is 18.2 Å². The molecule has 0 spiro atoms. The minimum Gasteiger partial charge on any atom is -0.478 e. The van der Waals surface area contributed by atoms with Gasteiger partial charge in [0.25, 0.3) is 0 Å². The lowest BCUT2D eigenvalue weighted by Crippen LogP contribution is -2.08. The van der Waals surface area contributed by atoms with Crippen LogP contribution in [0.5, 0.6) is 0 Å². The smallest absolute Gasteiger partial charge is 0.328 e. The van der Waals surface area contributed by atoms with E-state index in [0.29, 0.717) is 33.0 Å². The number of ether oxygens (including phenoxy) is 3. The van der Waals surface area contributed by atoms with Crippen molar-refractivity contribution in [2.45, 2.75) is 6.61 Å². The number of carboxylic acid groups (broad SMARTS) is 1. The van der Waals surface area contributed by atoms with Crippen LogP contribution in [0.4, 0.5) is 0 Å². The number of methoxy groups -OCH3 is 1. The Hall–Kier alpha value is -1.69. The summed E-state index contributed by atoms with van der Waals surface area (Å²) in [6, 6.07) is 7.54. The second-order valence-electron chi connectivity index (χ2n) is 4.07. The fraction of sp³-hybridized carbons (Fsp3) is 0.400. The summed E-state index contributed by atoms with van der Waals surface area (Å²) in [5.41, 5.74) is 1.83. The standard InChI is InChI=1S/C15H20O5/c1-18-7-8-19-9-10-20-12-14-4-2-3-13(11-14)5-6-15(16)17/h2-6,11H,7-10,12H2,1H3,(H,16,17)/b6-5+. The molecule has 0 aliphatic heterocycles. The molecule has 1 aromatic carbocycles. The summed E-state index contributed by atoms with van der Waals surface area (Å²) in [4.78, 5) is 10.4. The maximum Gasteiger partial charge on any atom is 0.328 e. The molecule has 5 nitrogen and oxygen atoms in total. The Morgan fingerprint density at radius 1 is 1.20 bits per heavy atom. The minimum absolute atomic E-state index is 0.475. The van der Waals surface area contributed by atoms with Gasteiger partial charge in [-0.3, -0.25) is 0 Å². The van der Waals surface area contributed by atoms with Crippen molar-refractivity contribution < 1.29 is 24.1 Å². The zero-order valence-electron chi connectivity index (χ0n) is 11.6. The Morgan fingerprint density at radius 3 is 2.70 bits per heavy atom. The normalized spacial score (nSPS) is 11.1. The molecule has 0 atom stereocenters. The first-order valence-corrected chi connectivity index (χ1v) is 6.36. The topological polar surface area (TPSA) is 65.0 Å². The van der Waals surface area contributed by atoms with Crippen molar-refractivity contribution in [1.82, 2.24) is 0 Å². The van der Waals surface area contributed by atoms with E-state index < -0.39 is 5.97 Å². The average molecular weight is 280 g/mol. The van der Waals surface area contributed by atoms with Crippen LogP contribution in [-0.2, 0) is 25.6 Å². The number of benzene rings is 1. The summed E-state index contributed by atoms with van der Waals surface area (Å²) in [5, 5.41) is 8.57. The van der Waals surface area contributed by atoms with Crippen molar-refractivity contribution >= 4 is 12.0 Å². The molecule has 20 heavy (non-hydrogen) atoms. The second kappa shape index (κ2) is 10.1. The van der Waals surface area contributed by atoms with E-state index in [1.807, 2.05) is 24.3 Å². The Balaban J connectivity index is 2.26. The fourth-order valence-electron chi connectivity index (χ4n) is 1.51. The molecule has 0 bridgehead atoms. The van der Waals surface area contributed by atoms with Gasteiger partial charge in [0, 0.05) is 13.2 Å². The molecule has 0 fully saturated rings. The molecule has 0 unspecified atom stereocenters. The molecule has 0 saturated heterocycles. The van der Waals surface area contributed by atoms with Gasteiger partial charge in [0.15, 0.2) is 0 Å². The van der Waals surface area contributed by atoms with Gasteiger partial charge in [-0.15, -0.1) is 0 Å². The van der Waals surface area contributed by atoms with Crippen molar-refractivity contribution in [3.63, 3.8) is 0 Å². The van der Waals surface area contributed by atoms with Crippen molar-refractivity contribution in [3.05, 3.63) is 41.5 Å². The lowest BCUT2D eigenvalue weighted by Gasteiger charge is -2.06. The first kappa shape index (κ1) is 16.4. The van der Waals surface area contributed by atoms with Gasteiger partial charge in [0.2, 0.25) is 0 Å². The number of aliphatic carboxylic acids is 1. The van der Waals surface area contributed by atoms with Gasteiger partial charge < -0.3 is 19.3 Å². The van der Waals surface area contributed by atoms with Gasteiger partial charge in [0.05, 0.1) is 33.0 Å². The van der Waals surface area contributed by atoms with Crippen LogP contribution in [0.2, 0.25) is 0 Å². The minimum atomic E-state index is -0.958. The molecule has 0 aliphatic carbocycles. The second-order valence-corrected chi connectivity index (χ2v) is 4.07. The molecule has 5 heteroatoms. The van der Waals surface area contributed by atoms with Gasteiger partial charge in [-0.25, -0.2) is 4.79 Å². The van der Waals surface area contributed by atoms with Crippen LogP contribution in [0.1, 0.15) is 11.1 Å². The summed E-state index contributed by atoms with van der Waals surface area (Å²) in [5.74, 6) is -0.958. The zero-order chi connectivity index (χ0) is 14.6. The highest BCUT2D eigenvalue weighted by Gasteiger charge is 1.96. The molecule has 0 saturated carbocycles. The molecule has 0 heterocycles. The van der Waals surface area contributed by atoms with Crippen molar-refractivity contribution in [2.75, 3.05) is 33.5 Å². The van der Waals surface area contributed by atoms with E-state index in [0.717, 1.165) is 17.2 Å². The first-order valence-electron chi connectivity index (χ1n) is 6.36. The Morgan fingerprint density at radius 2 is 1.95 bits per heavy atom. The maximum absolute atomic E-state index is 10.4. The van der Waals surface area contributed by atoms with E-state index in [-0.39, 0.29) is 0 Å². The number of carboxylic acids is 1. The molecular formula is C15H20O5. The summed E-state index contributed by atoms with van der Waals surface area (Å²) in [7, 11) is 1.63. The SMILES string of the molecule is COCCOCCOCc1cccc(/C=C/C(=O)O)c1. The van der Waals surface area contributed by atoms with E-state index in [9.17, 15) is 4.79 Å². The highest BCUT2D eigenvalue weighted by atomic mass is 16.5. The average Bonchev–Trinajstić information content (AvgIpc) is 2.45. The van der Waals surface area contributed by atoms with Crippen LogP contribution in [-0.4, -0.2) is 44.6 Å². The monoisotopic (exact) mass is 280 g/mol. The van der Waals surface area contributed by atoms with E-state index in [4.69, 9.17) is 19.3 Å². The molecule has 0 aliphatic rings. The van der Waals surface area contributed by atoms with E-state index in [1.54, 1.807) is 13.2 Å².